The van der Waals surface area contributed by atoms with E-state index in [1.165, 1.54) is 11.6 Å². The molecule has 0 aliphatic carbocycles. The van der Waals surface area contributed by atoms with E-state index in [-0.39, 0.29) is 5.52 Å². The molecule has 0 spiro atoms. The van der Waals surface area contributed by atoms with Gasteiger partial charge in [0.15, 0.2) is 15.9 Å². The first-order chi connectivity index (χ1) is 11.9. The van der Waals surface area contributed by atoms with Gasteiger partial charge in [0.1, 0.15) is 5.65 Å². The summed E-state index contributed by atoms with van der Waals surface area (Å²) < 4.78 is 6.69. The van der Waals surface area contributed by atoms with Crippen molar-refractivity contribution in [2.45, 2.75) is 13.5 Å². The number of hydrogen-bond acceptors (Lipinski definition) is 4. The topological polar surface area (TPSA) is 79.1 Å². The van der Waals surface area contributed by atoms with Crippen molar-refractivity contribution in [1.29, 1.82) is 0 Å². The second-order valence-electron chi connectivity index (χ2n) is 6.00. The SMILES string of the molecule is Cc1cccn2cc(Cn3c(Br)nc4c(=O)n(C)c(=O)n(C)c43)nc12. The summed E-state index contributed by atoms with van der Waals surface area (Å²) in [5.41, 5.74) is 2.67. The molecule has 0 aliphatic heterocycles. The van der Waals surface area contributed by atoms with E-state index in [2.05, 4.69) is 25.9 Å². The zero-order valence-corrected chi connectivity index (χ0v) is 15.5. The van der Waals surface area contributed by atoms with Crippen LogP contribution in [0.4, 0.5) is 0 Å². The summed E-state index contributed by atoms with van der Waals surface area (Å²) in [5, 5.41) is 0. The van der Waals surface area contributed by atoms with Crippen LogP contribution in [-0.4, -0.2) is 28.1 Å². The van der Waals surface area contributed by atoms with Crippen LogP contribution in [0.1, 0.15) is 11.3 Å². The van der Waals surface area contributed by atoms with E-state index in [0.717, 1.165) is 21.5 Å². The monoisotopic (exact) mass is 402 g/mol. The van der Waals surface area contributed by atoms with Crippen LogP contribution in [-0.2, 0) is 20.6 Å². The maximum absolute atomic E-state index is 12.3. The molecule has 0 aliphatic rings. The average Bonchev–Trinajstić information content (AvgIpc) is 3.14. The fourth-order valence-corrected chi connectivity index (χ4v) is 3.52. The first-order valence-electron chi connectivity index (χ1n) is 7.63. The van der Waals surface area contributed by atoms with Gasteiger partial charge in [-0.3, -0.25) is 18.5 Å². The minimum absolute atomic E-state index is 0.247. The van der Waals surface area contributed by atoms with E-state index in [9.17, 15) is 9.59 Å². The van der Waals surface area contributed by atoms with Gasteiger partial charge in [-0.25, -0.2) is 14.8 Å². The Morgan fingerprint density at radius 2 is 1.92 bits per heavy atom. The number of rotatable bonds is 2. The summed E-state index contributed by atoms with van der Waals surface area (Å²) in [6, 6.07) is 3.96. The van der Waals surface area contributed by atoms with Crippen LogP contribution in [0.25, 0.3) is 16.8 Å². The summed E-state index contributed by atoms with van der Waals surface area (Å²) in [5.74, 6) is 0. The highest BCUT2D eigenvalue weighted by Gasteiger charge is 2.18. The number of hydrogen-bond donors (Lipinski definition) is 0. The Kier molecular flexibility index (Phi) is 3.43. The summed E-state index contributed by atoms with van der Waals surface area (Å²) in [6.45, 7) is 2.39. The largest absolute Gasteiger partial charge is 0.332 e. The van der Waals surface area contributed by atoms with Gasteiger partial charge in [-0.15, -0.1) is 0 Å². The predicted octanol–water partition coefficient (Wildman–Crippen LogP) is 1.20. The highest BCUT2D eigenvalue weighted by Crippen LogP contribution is 2.19. The van der Waals surface area contributed by atoms with Gasteiger partial charge in [0, 0.05) is 26.5 Å². The van der Waals surface area contributed by atoms with E-state index >= 15 is 0 Å². The number of aryl methyl sites for hydroxylation is 2. The van der Waals surface area contributed by atoms with Crippen molar-refractivity contribution in [3.05, 3.63) is 61.4 Å². The molecule has 4 heterocycles. The summed E-state index contributed by atoms with van der Waals surface area (Å²) in [4.78, 5) is 33.5. The van der Waals surface area contributed by atoms with Gasteiger partial charge < -0.3 is 4.40 Å². The van der Waals surface area contributed by atoms with Crippen molar-refractivity contribution >= 4 is 32.7 Å². The molecule has 0 unspecified atom stereocenters. The Morgan fingerprint density at radius 3 is 2.64 bits per heavy atom. The van der Waals surface area contributed by atoms with Gasteiger partial charge in [0.2, 0.25) is 0 Å². The van der Waals surface area contributed by atoms with Gasteiger partial charge in [-0.05, 0) is 34.5 Å². The molecular formula is C16H15BrN6O2. The molecule has 9 heteroatoms. The number of pyridine rings is 1. The third kappa shape index (κ3) is 2.26. The van der Waals surface area contributed by atoms with Crippen molar-refractivity contribution in [2.24, 2.45) is 14.1 Å². The van der Waals surface area contributed by atoms with E-state index in [1.807, 2.05) is 35.9 Å². The lowest BCUT2D eigenvalue weighted by Gasteiger charge is -2.08. The Hall–Kier alpha value is -2.68. The van der Waals surface area contributed by atoms with Gasteiger partial charge in [-0.2, -0.15) is 0 Å². The van der Waals surface area contributed by atoms with Crippen LogP contribution >= 0.6 is 15.9 Å². The van der Waals surface area contributed by atoms with Crippen molar-refractivity contribution in [3.63, 3.8) is 0 Å². The van der Waals surface area contributed by atoms with Gasteiger partial charge in [0.05, 0.1) is 12.2 Å². The van der Waals surface area contributed by atoms with Crippen molar-refractivity contribution in [3.8, 4) is 0 Å². The van der Waals surface area contributed by atoms with Crippen LogP contribution in [0, 0.1) is 6.92 Å². The molecule has 0 amide bonds. The maximum Gasteiger partial charge on any atom is 0.332 e. The van der Waals surface area contributed by atoms with Crippen molar-refractivity contribution < 1.29 is 0 Å². The van der Waals surface area contributed by atoms with Crippen LogP contribution in [0.5, 0.6) is 0 Å². The second-order valence-corrected chi connectivity index (χ2v) is 6.71. The quantitative estimate of drug-likeness (QED) is 0.472. The van der Waals surface area contributed by atoms with Crippen LogP contribution in [0.2, 0.25) is 0 Å². The van der Waals surface area contributed by atoms with Crippen molar-refractivity contribution in [2.75, 3.05) is 0 Å². The third-order valence-electron chi connectivity index (χ3n) is 4.34. The number of halogens is 1. The molecule has 0 saturated heterocycles. The Bertz CT molecular complexity index is 1260. The summed E-state index contributed by atoms with van der Waals surface area (Å²) in [7, 11) is 3.07. The Morgan fingerprint density at radius 1 is 1.16 bits per heavy atom. The average molecular weight is 403 g/mol. The lowest BCUT2D eigenvalue weighted by molar-refractivity contribution is 0.682. The predicted molar refractivity (Wildman–Crippen MR) is 96.9 cm³/mol. The highest BCUT2D eigenvalue weighted by atomic mass is 79.9. The molecule has 8 nitrogen and oxygen atoms in total. The molecule has 0 fully saturated rings. The van der Waals surface area contributed by atoms with Crippen LogP contribution in [0.15, 0.2) is 38.8 Å². The third-order valence-corrected chi connectivity index (χ3v) is 4.95. The normalized spacial score (nSPS) is 11.7. The second kappa shape index (κ2) is 5.41. The molecule has 4 aromatic heterocycles. The molecule has 128 valence electrons. The number of aromatic nitrogens is 6. The number of fused-ring (bicyclic) bond motifs is 2. The zero-order valence-electron chi connectivity index (χ0n) is 13.9. The van der Waals surface area contributed by atoms with Crippen LogP contribution in [0.3, 0.4) is 0 Å². The lowest BCUT2D eigenvalue weighted by Crippen LogP contribution is -2.37. The first kappa shape index (κ1) is 15.8. The molecule has 0 aromatic carbocycles. The summed E-state index contributed by atoms with van der Waals surface area (Å²) >= 11 is 3.40. The van der Waals surface area contributed by atoms with Gasteiger partial charge in [0.25, 0.3) is 5.56 Å². The molecule has 0 atom stereocenters. The molecular weight excluding hydrogens is 388 g/mol. The van der Waals surface area contributed by atoms with E-state index in [4.69, 9.17) is 0 Å². The number of imidazole rings is 2. The standard InChI is InChI=1S/C16H15BrN6O2/c1-9-5-4-6-22-7-10(18-12(9)22)8-23-13-11(19-15(23)17)14(24)21(3)16(25)20(13)2/h4-7H,8H2,1-3H3. The smallest absolute Gasteiger partial charge is 0.307 e. The Balaban J connectivity index is 1.95. The minimum Gasteiger partial charge on any atom is -0.307 e. The molecule has 0 radical (unpaired) electrons. The van der Waals surface area contributed by atoms with Gasteiger partial charge in [-0.1, -0.05) is 6.07 Å². The molecule has 0 bridgehead atoms. The minimum atomic E-state index is -0.414. The molecule has 4 rings (SSSR count). The fraction of sp³-hybridized carbons (Fsp3) is 0.250. The van der Waals surface area contributed by atoms with Crippen LogP contribution < -0.4 is 11.2 Å². The summed E-state index contributed by atoms with van der Waals surface area (Å²) in [6.07, 6.45) is 3.87. The zero-order chi connectivity index (χ0) is 17.9. The Labute approximate surface area is 150 Å². The fourth-order valence-electron chi connectivity index (χ4n) is 3.05. The van der Waals surface area contributed by atoms with E-state index in [0.29, 0.717) is 16.9 Å². The molecule has 25 heavy (non-hydrogen) atoms. The maximum atomic E-state index is 12.3. The highest BCUT2D eigenvalue weighted by molar-refractivity contribution is 9.10. The van der Waals surface area contributed by atoms with Gasteiger partial charge >= 0.3 is 5.69 Å². The molecule has 0 N–H and O–H groups in total. The molecule has 0 saturated carbocycles. The van der Waals surface area contributed by atoms with Crippen molar-refractivity contribution in [1.82, 2.24) is 28.1 Å². The van der Waals surface area contributed by atoms with E-state index < -0.39 is 11.2 Å². The first-order valence-corrected chi connectivity index (χ1v) is 8.42. The lowest BCUT2D eigenvalue weighted by atomic mass is 10.3. The van der Waals surface area contributed by atoms with E-state index in [1.54, 1.807) is 11.6 Å². The molecule has 4 aromatic rings. The number of nitrogens with zero attached hydrogens (tertiary/aromatic N) is 6.